The summed E-state index contributed by atoms with van der Waals surface area (Å²) >= 11 is 0. The van der Waals surface area contributed by atoms with Gasteiger partial charge in [0, 0.05) is 13.1 Å². The third kappa shape index (κ3) is 2.71. The van der Waals surface area contributed by atoms with Gasteiger partial charge in [0.1, 0.15) is 6.07 Å². The van der Waals surface area contributed by atoms with Crippen LogP contribution in [0.1, 0.15) is 11.6 Å². The predicted octanol–water partition coefficient (Wildman–Crippen LogP) is 3.57. The van der Waals surface area contributed by atoms with E-state index in [2.05, 4.69) is 13.2 Å². The summed E-state index contributed by atoms with van der Waals surface area (Å²) in [4.78, 5) is 1.94. The standard InChI is InChI=1S/C17H17FN2/c1-3-8-14(4-2)16(15-9-6-5-7-10-15)20-12-17(18,11-19)13-20/h3-10,16H,1-2,12-13H2/b14-8+. The number of benzene rings is 1. The van der Waals surface area contributed by atoms with Gasteiger partial charge in [-0.1, -0.05) is 61.7 Å². The minimum absolute atomic E-state index is 0.0936. The van der Waals surface area contributed by atoms with E-state index in [0.717, 1.165) is 11.1 Å². The van der Waals surface area contributed by atoms with Gasteiger partial charge in [0.25, 0.3) is 0 Å². The number of hydrogen-bond donors (Lipinski definition) is 0. The maximum absolute atomic E-state index is 13.8. The molecule has 1 saturated heterocycles. The highest BCUT2D eigenvalue weighted by molar-refractivity contribution is 5.37. The van der Waals surface area contributed by atoms with Crippen molar-refractivity contribution in [2.75, 3.05) is 13.1 Å². The molecule has 0 N–H and O–H groups in total. The summed E-state index contributed by atoms with van der Waals surface area (Å²) in [6.45, 7) is 7.76. The van der Waals surface area contributed by atoms with Crippen molar-refractivity contribution < 1.29 is 4.39 Å². The van der Waals surface area contributed by atoms with Crippen molar-refractivity contribution in [3.63, 3.8) is 0 Å². The molecule has 1 aromatic carbocycles. The molecule has 1 heterocycles. The largest absolute Gasteiger partial charge is 0.284 e. The average molecular weight is 268 g/mol. The zero-order chi connectivity index (χ0) is 14.6. The molecule has 1 aliphatic rings. The Morgan fingerprint density at radius 3 is 2.50 bits per heavy atom. The molecule has 0 aliphatic carbocycles. The summed E-state index contributed by atoms with van der Waals surface area (Å²) in [6.07, 6.45) is 5.32. The summed E-state index contributed by atoms with van der Waals surface area (Å²) in [6, 6.07) is 11.5. The Balaban J connectivity index is 2.32. The number of likely N-dealkylation sites (tertiary alicyclic amines) is 1. The van der Waals surface area contributed by atoms with Gasteiger partial charge in [-0.25, -0.2) is 4.39 Å². The van der Waals surface area contributed by atoms with E-state index < -0.39 is 5.67 Å². The van der Waals surface area contributed by atoms with E-state index in [1.54, 1.807) is 18.2 Å². The number of hydrogen-bond acceptors (Lipinski definition) is 2. The number of halogens is 1. The van der Waals surface area contributed by atoms with Gasteiger partial charge in [-0.15, -0.1) is 0 Å². The number of alkyl halides is 1. The molecule has 102 valence electrons. The van der Waals surface area contributed by atoms with Crippen LogP contribution in [-0.2, 0) is 0 Å². The highest BCUT2D eigenvalue weighted by atomic mass is 19.1. The molecule has 1 fully saturated rings. The third-order valence-corrected chi connectivity index (χ3v) is 3.45. The highest BCUT2D eigenvalue weighted by Crippen LogP contribution is 2.37. The smallest absolute Gasteiger partial charge is 0.221 e. The summed E-state index contributed by atoms with van der Waals surface area (Å²) in [5.74, 6) is 0. The van der Waals surface area contributed by atoms with Crippen LogP contribution in [0.3, 0.4) is 0 Å². The Labute approximate surface area is 119 Å². The van der Waals surface area contributed by atoms with Crippen LogP contribution in [0.2, 0.25) is 0 Å². The lowest BCUT2D eigenvalue weighted by molar-refractivity contribution is -0.00966. The van der Waals surface area contributed by atoms with Crippen LogP contribution in [0.25, 0.3) is 0 Å². The monoisotopic (exact) mass is 268 g/mol. The zero-order valence-corrected chi connectivity index (χ0v) is 11.3. The van der Waals surface area contributed by atoms with Crippen molar-refractivity contribution in [2.45, 2.75) is 11.7 Å². The highest BCUT2D eigenvalue weighted by Gasteiger charge is 2.47. The molecule has 0 radical (unpaired) electrons. The van der Waals surface area contributed by atoms with Gasteiger partial charge in [-0.05, 0) is 11.1 Å². The molecule has 0 bridgehead atoms. The summed E-state index contributed by atoms with van der Waals surface area (Å²) in [5, 5.41) is 8.81. The van der Waals surface area contributed by atoms with Gasteiger partial charge in [-0.2, -0.15) is 5.26 Å². The van der Waals surface area contributed by atoms with E-state index in [9.17, 15) is 4.39 Å². The maximum Gasteiger partial charge on any atom is 0.221 e. The Morgan fingerprint density at radius 2 is 2.00 bits per heavy atom. The second kappa shape index (κ2) is 5.85. The average Bonchev–Trinajstić information content (AvgIpc) is 2.45. The minimum atomic E-state index is -1.73. The Kier molecular flexibility index (Phi) is 4.16. The Bertz CT molecular complexity index is 562. The second-order valence-electron chi connectivity index (χ2n) is 4.90. The molecule has 1 atom stereocenters. The van der Waals surface area contributed by atoms with Gasteiger partial charge in [0.2, 0.25) is 5.67 Å². The SMILES string of the molecule is C=C/C=C(\C=C)C(c1ccccc1)N1CC(F)(C#N)C1. The molecule has 0 aromatic heterocycles. The van der Waals surface area contributed by atoms with Crippen LogP contribution < -0.4 is 0 Å². The molecule has 3 heteroatoms. The van der Waals surface area contributed by atoms with Crippen LogP contribution in [0.5, 0.6) is 0 Å². The molecular formula is C17H17FN2. The first-order valence-corrected chi connectivity index (χ1v) is 6.48. The number of nitriles is 1. The second-order valence-corrected chi connectivity index (χ2v) is 4.90. The lowest BCUT2D eigenvalue weighted by atomic mass is 9.89. The molecule has 20 heavy (non-hydrogen) atoms. The maximum atomic E-state index is 13.8. The summed E-state index contributed by atoms with van der Waals surface area (Å²) < 4.78 is 13.8. The van der Waals surface area contributed by atoms with Crippen LogP contribution in [0.4, 0.5) is 4.39 Å². The predicted molar refractivity (Wildman–Crippen MR) is 78.7 cm³/mol. The van der Waals surface area contributed by atoms with Gasteiger partial charge in [0.05, 0.1) is 6.04 Å². The van der Waals surface area contributed by atoms with E-state index in [1.165, 1.54) is 0 Å². The molecule has 1 aliphatic heterocycles. The fourth-order valence-electron chi connectivity index (χ4n) is 2.51. The molecule has 1 unspecified atom stereocenters. The normalized spacial score (nSPS) is 19.5. The van der Waals surface area contributed by atoms with E-state index in [-0.39, 0.29) is 19.1 Å². The van der Waals surface area contributed by atoms with Crippen molar-refractivity contribution in [3.05, 3.63) is 72.9 Å². The van der Waals surface area contributed by atoms with Crippen molar-refractivity contribution >= 4 is 0 Å². The van der Waals surface area contributed by atoms with E-state index in [1.807, 2.05) is 41.3 Å². The quantitative estimate of drug-likeness (QED) is 0.763. The summed E-state index contributed by atoms with van der Waals surface area (Å²) in [5.41, 5.74) is 0.278. The first-order valence-electron chi connectivity index (χ1n) is 6.48. The Morgan fingerprint density at radius 1 is 1.35 bits per heavy atom. The van der Waals surface area contributed by atoms with Crippen LogP contribution >= 0.6 is 0 Å². The molecule has 0 amide bonds. The Hall–Kier alpha value is -2.18. The fraction of sp³-hybridized carbons (Fsp3) is 0.235. The third-order valence-electron chi connectivity index (χ3n) is 3.45. The summed E-state index contributed by atoms with van der Waals surface area (Å²) in [7, 11) is 0. The van der Waals surface area contributed by atoms with Gasteiger partial charge in [-0.3, -0.25) is 4.90 Å². The lowest BCUT2D eigenvalue weighted by Crippen LogP contribution is -2.59. The van der Waals surface area contributed by atoms with Crippen LogP contribution in [-0.4, -0.2) is 23.7 Å². The van der Waals surface area contributed by atoms with E-state index in [4.69, 9.17) is 5.26 Å². The fourth-order valence-corrected chi connectivity index (χ4v) is 2.51. The van der Waals surface area contributed by atoms with Crippen molar-refractivity contribution in [2.24, 2.45) is 0 Å². The zero-order valence-electron chi connectivity index (χ0n) is 11.3. The first-order chi connectivity index (χ1) is 9.63. The molecule has 0 saturated carbocycles. The molecular weight excluding hydrogens is 251 g/mol. The van der Waals surface area contributed by atoms with Crippen molar-refractivity contribution in [1.82, 2.24) is 4.90 Å². The van der Waals surface area contributed by atoms with Gasteiger partial charge in [0.15, 0.2) is 0 Å². The molecule has 0 spiro atoms. The number of nitrogens with zero attached hydrogens (tertiary/aromatic N) is 2. The van der Waals surface area contributed by atoms with Gasteiger partial charge < -0.3 is 0 Å². The first kappa shape index (κ1) is 14.2. The number of rotatable bonds is 5. The van der Waals surface area contributed by atoms with Crippen LogP contribution in [0, 0.1) is 11.3 Å². The molecule has 2 nitrogen and oxygen atoms in total. The number of allylic oxidation sites excluding steroid dienone is 2. The van der Waals surface area contributed by atoms with E-state index in [0.29, 0.717) is 0 Å². The lowest BCUT2D eigenvalue weighted by Gasteiger charge is -2.45. The van der Waals surface area contributed by atoms with Gasteiger partial charge >= 0.3 is 0 Å². The van der Waals surface area contributed by atoms with Crippen molar-refractivity contribution in [1.29, 1.82) is 5.26 Å². The topological polar surface area (TPSA) is 27.0 Å². The molecule has 1 aromatic rings. The molecule has 2 rings (SSSR count). The van der Waals surface area contributed by atoms with Crippen molar-refractivity contribution in [3.8, 4) is 6.07 Å². The van der Waals surface area contributed by atoms with Crippen LogP contribution in [0.15, 0.2) is 67.3 Å². The minimum Gasteiger partial charge on any atom is -0.284 e. The van der Waals surface area contributed by atoms with E-state index >= 15 is 0 Å².